The second kappa shape index (κ2) is 5.27. The van der Waals surface area contributed by atoms with Gasteiger partial charge in [0.25, 0.3) is 0 Å². The van der Waals surface area contributed by atoms with Crippen LogP contribution in [0.25, 0.3) is 0 Å². The first-order valence-corrected chi connectivity index (χ1v) is 5.83. The van der Waals surface area contributed by atoms with Crippen LogP contribution in [0.5, 0.6) is 0 Å². The Morgan fingerprint density at radius 1 is 1.69 bits per heavy atom. The van der Waals surface area contributed by atoms with Crippen LogP contribution in [-0.2, 0) is 17.6 Å². The largest absolute Gasteiger partial charge is 0.443 e. The molecule has 0 aliphatic carbocycles. The summed E-state index contributed by atoms with van der Waals surface area (Å²) in [6.07, 6.45) is 0.289. The summed E-state index contributed by atoms with van der Waals surface area (Å²) >= 11 is 1.49. The zero-order valence-electron chi connectivity index (χ0n) is 9.40. The van der Waals surface area contributed by atoms with E-state index in [1.807, 2.05) is 5.38 Å². The lowest BCUT2D eigenvalue weighted by Gasteiger charge is -2.22. The first-order valence-electron chi connectivity index (χ1n) is 4.95. The number of aliphatic hydroxyl groups excluding tert-OH is 1. The Morgan fingerprint density at radius 2 is 2.38 bits per heavy atom. The zero-order chi connectivity index (χ0) is 12.2. The van der Waals surface area contributed by atoms with Crippen molar-refractivity contribution < 1.29 is 14.6 Å². The van der Waals surface area contributed by atoms with Gasteiger partial charge in [-0.15, -0.1) is 11.3 Å². The first kappa shape index (κ1) is 12.9. The van der Waals surface area contributed by atoms with Gasteiger partial charge in [0, 0.05) is 24.8 Å². The Labute approximate surface area is 98.3 Å². The third kappa shape index (κ3) is 4.16. The molecular formula is C10H16N2O3S. The number of amides is 1. The number of carbonyl (C=O) groups excluding carboxylic acids is 1. The molecule has 0 atom stereocenters. The van der Waals surface area contributed by atoms with Gasteiger partial charge in [0.15, 0.2) is 0 Å². The summed E-state index contributed by atoms with van der Waals surface area (Å²) in [5.74, 6) is 0. The lowest BCUT2D eigenvalue weighted by Crippen LogP contribution is -2.33. The normalized spacial score (nSPS) is 11.4. The summed E-state index contributed by atoms with van der Waals surface area (Å²) in [7, 11) is 0. The smallest absolute Gasteiger partial charge is 0.405 e. The fraction of sp³-hybridized carbons (Fsp3) is 0.600. The number of aromatic nitrogens is 1. The predicted molar refractivity (Wildman–Crippen MR) is 61.4 cm³/mol. The van der Waals surface area contributed by atoms with E-state index in [9.17, 15) is 4.79 Å². The van der Waals surface area contributed by atoms with Crippen LogP contribution in [0.3, 0.4) is 0 Å². The van der Waals surface area contributed by atoms with E-state index in [0.29, 0.717) is 12.8 Å². The van der Waals surface area contributed by atoms with E-state index in [2.05, 4.69) is 4.98 Å². The van der Waals surface area contributed by atoms with Crippen LogP contribution >= 0.6 is 11.3 Å². The SMILES string of the molecule is CC(C)(Cc1nc(CCO)cs1)OC(N)=O. The number of aliphatic hydroxyl groups is 1. The molecule has 0 aliphatic heterocycles. The van der Waals surface area contributed by atoms with Crippen LogP contribution in [0, 0.1) is 0 Å². The number of nitrogens with two attached hydrogens (primary N) is 1. The van der Waals surface area contributed by atoms with Gasteiger partial charge in [-0.05, 0) is 13.8 Å². The molecule has 0 saturated carbocycles. The van der Waals surface area contributed by atoms with Crippen LogP contribution in [-0.4, -0.2) is 28.4 Å². The molecular weight excluding hydrogens is 228 g/mol. The molecule has 0 radical (unpaired) electrons. The summed E-state index contributed by atoms with van der Waals surface area (Å²) in [4.78, 5) is 15.0. The van der Waals surface area contributed by atoms with Crippen LogP contribution < -0.4 is 5.73 Å². The predicted octanol–water partition coefficient (Wildman–Crippen LogP) is 1.09. The molecule has 6 heteroatoms. The molecule has 0 fully saturated rings. The van der Waals surface area contributed by atoms with Crippen molar-refractivity contribution in [1.82, 2.24) is 4.98 Å². The minimum Gasteiger partial charge on any atom is -0.443 e. The van der Waals surface area contributed by atoms with Gasteiger partial charge in [0.1, 0.15) is 5.60 Å². The van der Waals surface area contributed by atoms with E-state index < -0.39 is 11.7 Å². The van der Waals surface area contributed by atoms with Crippen LogP contribution in [0.2, 0.25) is 0 Å². The van der Waals surface area contributed by atoms with Crippen molar-refractivity contribution >= 4 is 17.4 Å². The van der Waals surface area contributed by atoms with Gasteiger partial charge in [0.2, 0.25) is 0 Å². The van der Waals surface area contributed by atoms with Crippen LogP contribution in [0.4, 0.5) is 4.79 Å². The van der Waals surface area contributed by atoms with Crippen molar-refractivity contribution in [2.24, 2.45) is 5.73 Å². The number of hydrogen-bond acceptors (Lipinski definition) is 5. The maximum Gasteiger partial charge on any atom is 0.405 e. The monoisotopic (exact) mass is 244 g/mol. The Morgan fingerprint density at radius 3 is 2.94 bits per heavy atom. The topological polar surface area (TPSA) is 85.4 Å². The van der Waals surface area contributed by atoms with Gasteiger partial charge < -0.3 is 15.6 Å². The van der Waals surface area contributed by atoms with Crippen molar-refractivity contribution in [3.8, 4) is 0 Å². The average Bonchev–Trinajstić information content (AvgIpc) is 2.49. The van der Waals surface area contributed by atoms with E-state index in [-0.39, 0.29) is 6.61 Å². The van der Waals surface area contributed by atoms with E-state index in [4.69, 9.17) is 15.6 Å². The summed E-state index contributed by atoms with van der Waals surface area (Å²) < 4.78 is 4.97. The lowest BCUT2D eigenvalue weighted by atomic mass is 10.1. The fourth-order valence-corrected chi connectivity index (χ4v) is 2.38. The second-order valence-electron chi connectivity index (χ2n) is 4.06. The summed E-state index contributed by atoms with van der Waals surface area (Å²) in [6, 6.07) is 0. The van der Waals surface area contributed by atoms with Gasteiger partial charge in [-0.25, -0.2) is 9.78 Å². The molecule has 0 bridgehead atoms. The van der Waals surface area contributed by atoms with Crippen molar-refractivity contribution in [3.05, 3.63) is 16.1 Å². The third-order valence-corrected chi connectivity index (χ3v) is 2.82. The van der Waals surface area contributed by atoms with Crippen molar-refractivity contribution in [2.75, 3.05) is 6.61 Å². The highest BCUT2D eigenvalue weighted by molar-refractivity contribution is 7.09. The number of thiazole rings is 1. The Kier molecular flexibility index (Phi) is 4.26. The Bertz CT molecular complexity index is 363. The van der Waals surface area contributed by atoms with Gasteiger partial charge in [-0.2, -0.15) is 0 Å². The fourth-order valence-electron chi connectivity index (χ4n) is 1.33. The van der Waals surface area contributed by atoms with Gasteiger partial charge in [0.05, 0.1) is 10.7 Å². The highest BCUT2D eigenvalue weighted by Gasteiger charge is 2.23. The highest BCUT2D eigenvalue weighted by Crippen LogP contribution is 2.20. The summed E-state index contributed by atoms with van der Waals surface area (Å²) in [5, 5.41) is 11.5. The molecule has 0 saturated heterocycles. The molecule has 1 aromatic rings. The van der Waals surface area contributed by atoms with Crippen LogP contribution in [0.15, 0.2) is 5.38 Å². The first-order chi connectivity index (χ1) is 7.43. The van der Waals surface area contributed by atoms with E-state index >= 15 is 0 Å². The maximum absolute atomic E-state index is 10.7. The van der Waals surface area contributed by atoms with Gasteiger partial charge >= 0.3 is 6.09 Å². The number of primary amides is 1. The molecule has 1 aromatic heterocycles. The molecule has 90 valence electrons. The molecule has 16 heavy (non-hydrogen) atoms. The number of rotatable bonds is 5. The zero-order valence-corrected chi connectivity index (χ0v) is 10.2. The van der Waals surface area contributed by atoms with E-state index in [1.54, 1.807) is 13.8 Å². The molecule has 0 aliphatic rings. The number of nitrogens with zero attached hydrogens (tertiary/aromatic N) is 1. The minimum atomic E-state index is -0.780. The molecule has 3 N–H and O–H groups in total. The van der Waals surface area contributed by atoms with Crippen molar-refractivity contribution in [2.45, 2.75) is 32.3 Å². The molecule has 0 unspecified atom stereocenters. The Balaban J connectivity index is 2.61. The van der Waals surface area contributed by atoms with E-state index in [1.165, 1.54) is 11.3 Å². The molecule has 1 rings (SSSR count). The molecule has 0 spiro atoms. The van der Waals surface area contributed by atoms with Crippen molar-refractivity contribution in [1.29, 1.82) is 0 Å². The van der Waals surface area contributed by atoms with Gasteiger partial charge in [-0.1, -0.05) is 0 Å². The standard InChI is InChI=1S/C10H16N2O3S/c1-10(2,15-9(11)14)5-8-12-7(3-4-13)6-16-8/h6,13H,3-5H2,1-2H3,(H2,11,14). The second-order valence-corrected chi connectivity index (χ2v) is 5.01. The minimum absolute atomic E-state index is 0.0877. The summed E-state index contributed by atoms with van der Waals surface area (Å²) in [5.41, 5.74) is 5.18. The Hall–Kier alpha value is -1.14. The molecule has 1 heterocycles. The summed E-state index contributed by atoms with van der Waals surface area (Å²) in [6.45, 7) is 3.65. The highest BCUT2D eigenvalue weighted by atomic mass is 32.1. The van der Waals surface area contributed by atoms with E-state index in [0.717, 1.165) is 10.7 Å². The number of ether oxygens (including phenoxy) is 1. The van der Waals surface area contributed by atoms with Crippen molar-refractivity contribution in [3.63, 3.8) is 0 Å². The number of carbonyl (C=O) groups is 1. The molecule has 1 amide bonds. The van der Waals surface area contributed by atoms with Crippen LogP contribution in [0.1, 0.15) is 24.5 Å². The quantitative estimate of drug-likeness (QED) is 0.812. The van der Waals surface area contributed by atoms with Gasteiger partial charge in [-0.3, -0.25) is 0 Å². The molecule has 0 aromatic carbocycles. The lowest BCUT2D eigenvalue weighted by molar-refractivity contribution is 0.0460. The average molecular weight is 244 g/mol. The number of hydrogen-bond donors (Lipinski definition) is 2. The molecule has 5 nitrogen and oxygen atoms in total. The maximum atomic E-state index is 10.7. The third-order valence-electron chi connectivity index (χ3n) is 1.92.